The Hall–Kier alpha value is -3.72. The average Bonchev–Trinajstić information content (AvgIpc) is 2.92. The van der Waals surface area contributed by atoms with Gasteiger partial charge in [-0.2, -0.15) is 0 Å². The number of morpholine rings is 1. The summed E-state index contributed by atoms with van der Waals surface area (Å²) in [4.78, 5) is 44.5. The SMILES string of the molecule is CC1(C)CC(N(Cc2ccc(F)cc2)Cc2cnc(N3CCOCC3)nc2)CC(C)(C)N1.O=C(O)CC(O)(CC(=O)O)C(=O)O. The highest BCUT2D eigenvalue weighted by Crippen LogP contribution is 2.33. The lowest BCUT2D eigenvalue weighted by molar-refractivity contribution is -0.170. The number of carbonyl (C=O) groups is 3. The molecule has 0 bridgehead atoms. The molecule has 0 unspecified atom stereocenters. The van der Waals surface area contributed by atoms with Crippen molar-refractivity contribution in [1.29, 1.82) is 0 Å². The van der Waals surface area contributed by atoms with Gasteiger partial charge in [0.15, 0.2) is 5.60 Å². The maximum absolute atomic E-state index is 13.5. The van der Waals surface area contributed by atoms with Crippen LogP contribution in [0.25, 0.3) is 0 Å². The number of piperidine rings is 1. The third-order valence-electron chi connectivity index (χ3n) is 7.64. The molecule has 0 spiro atoms. The standard InChI is InChI=1S/C25H36FN5O.C6H8O7/c1-24(2)13-22(14-25(3,4)29-24)31(17-19-5-7-21(26)8-6-19)18-20-15-27-23(28-16-20)30-9-11-32-12-10-30;7-3(8)1-6(13,5(11)12)2-4(9)10/h5-8,15-16,22,29H,9-14,17-18H2,1-4H3;13H,1-2H2,(H,7,8)(H,9,10)(H,11,12). The van der Waals surface area contributed by atoms with Crippen LogP contribution in [0.2, 0.25) is 0 Å². The average molecular weight is 634 g/mol. The van der Waals surface area contributed by atoms with Crippen molar-refractivity contribution in [1.82, 2.24) is 20.2 Å². The number of nitrogens with one attached hydrogen (secondary N) is 1. The fourth-order valence-corrected chi connectivity index (χ4v) is 5.97. The number of ether oxygens (including phenoxy) is 1. The second-order valence-corrected chi connectivity index (χ2v) is 13.0. The van der Waals surface area contributed by atoms with Crippen LogP contribution in [-0.2, 0) is 32.2 Å². The number of benzene rings is 1. The van der Waals surface area contributed by atoms with Gasteiger partial charge in [-0.25, -0.2) is 19.2 Å². The van der Waals surface area contributed by atoms with Crippen molar-refractivity contribution in [2.75, 3.05) is 31.2 Å². The predicted molar refractivity (Wildman–Crippen MR) is 162 cm³/mol. The maximum Gasteiger partial charge on any atom is 0.336 e. The van der Waals surface area contributed by atoms with E-state index in [0.717, 1.165) is 69.3 Å². The number of nitrogens with zero attached hydrogens (tertiary/aromatic N) is 4. The van der Waals surface area contributed by atoms with Crippen molar-refractivity contribution in [2.24, 2.45) is 0 Å². The Morgan fingerprint density at radius 1 is 0.933 bits per heavy atom. The Balaban J connectivity index is 0.000000360. The van der Waals surface area contributed by atoms with Gasteiger partial charge >= 0.3 is 17.9 Å². The van der Waals surface area contributed by atoms with Crippen LogP contribution < -0.4 is 10.2 Å². The Morgan fingerprint density at radius 2 is 1.42 bits per heavy atom. The molecule has 0 radical (unpaired) electrons. The van der Waals surface area contributed by atoms with Gasteiger partial charge in [-0.1, -0.05) is 12.1 Å². The van der Waals surface area contributed by atoms with E-state index in [1.54, 1.807) is 12.1 Å². The second kappa shape index (κ2) is 15.0. The Kier molecular flexibility index (Phi) is 12.0. The molecule has 2 saturated heterocycles. The summed E-state index contributed by atoms with van der Waals surface area (Å²) in [6.45, 7) is 13.7. The van der Waals surface area contributed by atoms with Gasteiger partial charge in [-0.3, -0.25) is 14.5 Å². The van der Waals surface area contributed by atoms with E-state index in [-0.39, 0.29) is 16.9 Å². The molecule has 1 aromatic carbocycles. The highest BCUT2D eigenvalue weighted by Gasteiger charge is 2.41. The quantitative estimate of drug-likeness (QED) is 0.243. The highest BCUT2D eigenvalue weighted by molar-refractivity contribution is 5.88. The van der Waals surface area contributed by atoms with Gasteiger partial charge in [0, 0.05) is 61.3 Å². The summed E-state index contributed by atoms with van der Waals surface area (Å²) in [6, 6.07) is 7.26. The smallest absolute Gasteiger partial charge is 0.336 e. The first kappa shape index (κ1) is 35.8. The van der Waals surface area contributed by atoms with Crippen LogP contribution in [-0.4, -0.2) is 102 Å². The molecule has 0 saturated carbocycles. The van der Waals surface area contributed by atoms with Crippen molar-refractivity contribution < 1.29 is 43.9 Å². The number of aromatic nitrogens is 2. The Labute approximate surface area is 262 Å². The number of rotatable bonds is 11. The van der Waals surface area contributed by atoms with Crippen LogP contribution in [0.3, 0.4) is 0 Å². The molecule has 2 fully saturated rings. The zero-order chi connectivity index (χ0) is 33.4. The monoisotopic (exact) mass is 633 g/mol. The van der Waals surface area contributed by atoms with Crippen molar-refractivity contribution in [3.63, 3.8) is 0 Å². The number of anilines is 1. The van der Waals surface area contributed by atoms with Gasteiger partial charge in [0.2, 0.25) is 5.95 Å². The number of aliphatic hydroxyl groups is 1. The van der Waals surface area contributed by atoms with E-state index in [4.69, 9.17) is 25.2 Å². The molecule has 2 aliphatic rings. The lowest BCUT2D eigenvalue weighted by Gasteiger charge is -2.49. The fourth-order valence-electron chi connectivity index (χ4n) is 5.97. The van der Waals surface area contributed by atoms with Crippen LogP contribution in [0.15, 0.2) is 36.7 Å². The molecule has 3 heterocycles. The molecular weight excluding hydrogens is 589 g/mol. The van der Waals surface area contributed by atoms with Crippen molar-refractivity contribution >= 4 is 23.9 Å². The van der Waals surface area contributed by atoms with Crippen LogP contribution >= 0.6 is 0 Å². The molecule has 14 heteroatoms. The van der Waals surface area contributed by atoms with E-state index in [1.165, 1.54) is 0 Å². The minimum absolute atomic E-state index is 0.0458. The Bertz CT molecular complexity index is 1270. The maximum atomic E-state index is 13.5. The number of hydrogen-bond acceptors (Lipinski definition) is 10. The third kappa shape index (κ3) is 11.3. The highest BCUT2D eigenvalue weighted by atomic mass is 19.1. The van der Waals surface area contributed by atoms with E-state index in [0.29, 0.717) is 6.04 Å². The zero-order valence-electron chi connectivity index (χ0n) is 26.2. The minimum atomic E-state index is -2.74. The van der Waals surface area contributed by atoms with Crippen LogP contribution in [0.5, 0.6) is 0 Å². The van der Waals surface area contributed by atoms with Crippen molar-refractivity contribution in [2.45, 2.75) is 89.2 Å². The summed E-state index contributed by atoms with van der Waals surface area (Å²) in [5, 5.41) is 37.6. The molecule has 0 amide bonds. The largest absolute Gasteiger partial charge is 0.481 e. The third-order valence-corrected chi connectivity index (χ3v) is 7.64. The normalized spacial score (nSPS) is 18.2. The van der Waals surface area contributed by atoms with E-state index >= 15 is 0 Å². The molecule has 2 aromatic rings. The fraction of sp³-hybridized carbons (Fsp3) is 0.581. The molecule has 248 valence electrons. The zero-order valence-corrected chi connectivity index (χ0v) is 26.2. The first-order chi connectivity index (χ1) is 21.0. The predicted octanol–water partition coefficient (Wildman–Crippen LogP) is 2.52. The van der Waals surface area contributed by atoms with Gasteiger partial charge in [-0.05, 0) is 58.2 Å². The molecule has 4 rings (SSSR count). The van der Waals surface area contributed by atoms with E-state index in [2.05, 4.69) is 52.8 Å². The minimum Gasteiger partial charge on any atom is -0.481 e. The van der Waals surface area contributed by atoms with E-state index < -0.39 is 36.4 Å². The number of carboxylic acid groups (broad SMARTS) is 3. The summed E-state index contributed by atoms with van der Waals surface area (Å²) >= 11 is 0. The summed E-state index contributed by atoms with van der Waals surface area (Å²) in [7, 11) is 0. The van der Waals surface area contributed by atoms with Crippen molar-refractivity contribution in [3.05, 3.63) is 53.6 Å². The van der Waals surface area contributed by atoms with E-state index in [9.17, 15) is 18.8 Å². The van der Waals surface area contributed by atoms with Crippen LogP contribution in [0.1, 0.15) is 64.5 Å². The number of hydrogen-bond donors (Lipinski definition) is 5. The first-order valence-electron chi connectivity index (χ1n) is 14.8. The number of halogens is 1. The van der Waals surface area contributed by atoms with Gasteiger partial charge in [0.25, 0.3) is 0 Å². The molecule has 45 heavy (non-hydrogen) atoms. The van der Waals surface area contributed by atoms with Gasteiger partial charge in [0.1, 0.15) is 5.82 Å². The number of carboxylic acids is 3. The molecule has 5 N–H and O–H groups in total. The summed E-state index contributed by atoms with van der Waals surface area (Å²) in [5.41, 5.74) is -0.434. The lowest BCUT2D eigenvalue weighted by Crippen LogP contribution is -2.62. The molecule has 13 nitrogen and oxygen atoms in total. The van der Waals surface area contributed by atoms with Gasteiger partial charge in [0.05, 0.1) is 26.1 Å². The lowest BCUT2D eigenvalue weighted by atomic mass is 9.79. The number of aliphatic carboxylic acids is 3. The summed E-state index contributed by atoms with van der Waals surface area (Å²) < 4.78 is 18.9. The van der Waals surface area contributed by atoms with E-state index in [1.807, 2.05) is 24.5 Å². The van der Waals surface area contributed by atoms with Gasteiger partial charge in [-0.15, -0.1) is 0 Å². The topological polar surface area (TPSA) is 186 Å². The molecule has 0 aliphatic carbocycles. The second-order valence-electron chi connectivity index (χ2n) is 13.0. The van der Waals surface area contributed by atoms with Crippen molar-refractivity contribution in [3.8, 4) is 0 Å². The molecule has 1 aromatic heterocycles. The molecule has 0 atom stereocenters. The Morgan fingerprint density at radius 3 is 1.89 bits per heavy atom. The van der Waals surface area contributed by atoms with Crippen LogP contribution in [0.4, 0.5) is 10.3 Å². The summed E-state index contributed by atoms with van der Waals surface area (Å²) in [6.07, 6.45) is 3.71. The van der Waals surface area contributed by atoms with Crippen LogP contribution in [0, 0.1) is 5.82 Å². The molecule has 2 aliphatic heterocycles. The first-order valence-corrected chi connectivity index (χ1v) is 14.8. The van der Waals surface area contributed by atoms with Gasteiger partial charge < -0.3 is 35.4 Å². The summed E-state index contributed by atoms with van der Waals surface area (Å²) in [5.74, 6) is -4.45. The molecular formula is C31H44FN5O8.